The van der Waals surface area contributed by atoms with Gasteiger partial charge in [-0.1, -0.05) is 23.5 Å². The van der Waals surface area contributed by atoms with E-state index in [4.69, 9.17) is 0 Å². The standard InChI is InChI=1S/C27H25F6N7O5S2/c1-38(2)24-35-14-21-22(36-24)37-25(46-21)39-11-12-40(47(42,43)19-9-7-18(8-10-19)45-27(31,32)33)20(15-39)23(41)34-13-16-3-5-17(6-4-16)44-26(28,29)30/h3-10,14,20H,11-13,15H2,1-2H3,(H,34,41)/t20-/m1/s1. The van der Waals surface area contributed by atoms with E-state index in [1.54, 1.807) is 30.1 Å². The number of ether oxygens (including phenoxy) is 2. The van der Waals surface area contributed by atoms with Gasteiger partial charge in [0.05, 0.1) is 15.8 Å². The van der Waals surface area contributed by atoms with Gasteiger partial charge >= 0.3 is 12.7 Å². The first kappa shape index (κ1) is 33.9. The molecule has 252 valence electrons. The highest BCUT2D eigenvalue weighted by Crippen LogP contribution is 2.32. The van der Waals surface area contributed by atoms with Gasteiger partial charge in [-0.15, -0.1) is 26.3 Å². The van der Waals surface area contributed by atoms with Crippen molar-refractivity contribution in [2.75, 3.05) is 43.5 Å². The van der Waals surface area contributed by atoms with Crippen molar-refractivity contribution in [3.8, 4) is 11.5 Å². The smallest absolute Gasteiger partial charge is 0.406 e. The van der Waals surface area contributed by atoms with Crippen LogP contribution in [0.5, 0.6) is 11.5 Å². The molecular formula is C27H25F6N7O5S2. The molecule has 0 unspecified atom stereocenters. The number of sulfonamides is 1. The second-order valence-electron chi connectivity index (χ2n) is 10.3. The van der Waals surface area contributed by atoms with Crippen molar-refractivity contribution in [2.45, 2.75) is 30.2 Å². The SMILES string of the molecule is CN(C)c1ncc2sc(N3CCN(S(=O)(=O)c4ccc(OC(F)(F)F)cc4)[C@@H](C(=O)NCc4ccc(OC(F)(F)F)cc4)C3)nc2n1. The Kier molecular flexibility index (Phi) is 9.38. The Morgan fingerprint density at radius 2 is 1.55 bits per heavy atom. The molecule has 47 heavy (non-hydrogen) atoms. The predicted octanol–water partition coefficient (Wildman–Crippen LogP) is 4.15. The average Bonchev–Trinajstić information content (AvgIpc) is 3.43. The van der Waals surface area contributed by atoms with Crippen molar-refractivity contribution >= 4 is 48.7 Å². The molecular weight excluding hydrogens is 680 g/mol. The summed E-state index contributed by atoms with van der Waals surface area (Å²) in [4.78, 5) is 29.8. The molecule has 0 saturated carbocycles. The maximum atomic E-state index is 13.7. The molecule has 4 aromatic rings. The van der Waals surface area contributed by atoms with E-state index in [0.717, 1.165) is 40.7 Å². The summed E-state index contributed by atoms with van der Waals surface area (Å²) in [7, 11) is -0.901. The zero-order chi connectivity index (χ0) is 34.1. The normalized spacial score (nSPS) is 16.3. The van der Waals surface area contributed by atoms with E-state index in [0.29, 0.717) is 27.0 Å². The van der Waals surface area contributed by atoms with E-state index in [1.807, 2.05) is 0 Å². The van der Waals surface area contributed by atoms with Crippen LogP contribution in [0.3, 0.4) is 0 Å². The summed E-state index contributed by atoms with van der Waals surface area (Å²) < 4.78 is 112. The van der Waals surface area contributed by atoms with Gasteiger partial charge in [0.1, 0.15) is 17.5 Å². The Morgan fingerprint density at radius 3 is 2.13 bits per heavy atom. The number of halogens is 6. The number of hydrogen-bond donors (Lipinski definition) is 1. The lowest BCUT2D eigenvalue weighted by Gasteiger charge is -2.39. The number of alkyl halides is 6. The number of carbonyl (C=O) groups is 1. The van der Waals surface area contributed by atoms with Gasteiger partial charge in [0.15, 0.2) is 10.8 Å². The summed E-state index contributed by atoms with van der Waals surface area (Å²) in [6.07, 6.45) is -8.26. The monoisotopic (exact) mass is 705 g/mol. The molecule has 5 rings (SSSR count). The molecule has 1 atom stereocenters. The number of rotatable bonds is 9. The van der Waals surface area contributed by atoms with Crippen LogP contribution in [0.15, 0.2) is 59.6 Å². The Bertz CT molecular complexity index is 1840. The molecule has 2 aromatic carbocycles. The van der Waals surface area contributed by atoms with Gasteiger partial charge in [0, 0.05) is 40.3 Å². The Labute approximate surface area is 267 Å². The quantitative estimate of drug-likeness (QED) is 0.254. The van der Waals surface area contributed by atoms with Crippen LogP contribution >= 0.6 is 11.3 Å². The molecule has 0 bridgehead atoms. The van der Waals surface area contributed by atoms with E-state index in [2.05, 4.69) is 29.7 Å². The summed E-state index contributed by atoms with van der Waals surface area (Å²) in [5.41, 5.74) is 0.801. The molecule has 1 aliphatic heterocycles. The lowest BCUT2D eigenvalue weighted by molar-refractivity contribution is -0.275. The topological polar surface area (TPSA) is 130 Å². The van der Waals surface area contributed by atoms with Crippen LogP contribution in [0.25, 0.3) is 10.3 Å². The van der Waals surface area contributed by atoms with Crippen molar-refractivity contribution in [1.29, 1.82) is 0 Å². The highest BCUT2D eigenvalue weighted by Gasteiger charge is 2.41. The van der Waals surface area contributed by atoms with Crippen molar-refractivity contribution in [3.05, 3.63) is 60.3 Å². The summed E-state index contributed by atoms with van der Waals surface area (Å²) >= 11 is 1.24. The van der Waals surface area contributed by atoms with Gasteiger partial charge in [0.2, 0.25) is 21.9 Å². The fraction of sp³-hybridized carbons (Fsp3) is 0.333. The average molecular weight is 706 g/mol. The van der Waals surface area contributed by atoms with Gasteiger partial charge in [-0.25, -0.2) is 13.4 Å². The molecule has 12 nitrogen and oxygen atoms in total. The van der Waals surface area contributed by atoms with Crippen LogP contribution in [0, 0.1) is 0 Å². The zero-order valence-corrected chi connectivity index (χ0v) is 26.0. The molecule has 2 aromatic heterocycles. The number of piperazine rings is 1. The number of benzene rings is 2. The first-order valence-electron chi connectivity index (χ1n) is 13.5. The Hall–Kier alpha value is -4.43. The highest BCUT2D eigenvalue weighted by atomic mass is 32.2. The number of hydrogen-bond acceptors (Lipinski definition) is 11. The van der Waals surface area contributed by atoms with E-state index in [9.17, 15) is 39.6 Å². The van der Waals surface area contributed by atoms with E-state index in [-0.39, 0.29) is 31.1 Å². The second kappa shape index (κ2) is 13.0. The van der Waals surface area contributed by atoms with Gasteiger partial charge < -0.3 is 24.6 Å². The largest absolute Gasteiger partial charge is 0.573 e. The van der Waals surface area contributed by atoms with Crippen molar-refractivity contribution in [3.63, 3.8) is 0 Å². The number of anilines is 2. The lowest BCUT2D eigenvalue weighted by atomic mass is 10.1. The number of nitrogens with one attached hydrogen (secondary N) is 1. The number of fused-ring (bicyclic) bond motifs is 1. The minimum atomic E-state index is -4.98. The Balaban J connectivity index is 1.39. The number of thiazole rings is 1. The molecule has 0 aliphatic carbocycles. The number of amides is 1. The first-order valence-corrected chi connectivity index (χ1v) is 15.8. The third-order valence-corrected chi connectivity index (χ3v) is 9.68. The van der Waals surface area contributed by atoms with Gasteiger partial charge in [-0.2, -0.15) is 14.3 Å². The van der Waals surface area contributed by atoms with Gasteiger partial charge in [-0.3, -0.25) is 4.79 Å². The molecule has 20 heteroatoms. The summed E-state index contributed by atoms with van der Waals surface area (Å²) in [6.45, 7) is -0.419. The second-order valence-corrected chi connectivity index (χ2v) is 13.2. The molecule has 0 spiro atoms. The molecule has 1 amide bonds. The van der Waals surface area contributed by atoms with Crippen LogP contribution in [-0.4, -0.2) is 86.1 Å². The number of aromatic nitrogens is 3. The summed E-state index contributed by atoms with van der Waals surface area (Å²) in [5, 5.41) is 3.07. The zero-order valence-electron chi connectivity index (χ0n) is 24.4. The summed E-state index contributed by atoms with van der Waals surface area (Å²) in [6, 6.07) is 6.98. The fourth-order valence-corrected chi connectivity index (χ4v) is 7.06. The van der Waals surface area contributed by atoms with Gasteiger partial charge in [0.25, 0.3) is 0 Å². The molecule has 0 radical (unpaired) electrons. The van der Waals surface area contributed by atoms with Crippen molar-refractivity contribution < 1.29 is 49.0 Å². The number of nitrogens with zero attached hydrogens (tertiary/aromatic N) is 6. The molecule has 1 aliphatic rings. The Morgan fingerprint density at radius 1 is 0.957 bits per heavy atom. The van der Waals surface area contributed by atoms with E-state index >= 15 is 0 Å². The predicted molar refractivity (Wildman–Crippen MR) is 158 cm³/mol. The molecule has 1 fully saturated rings. The van der Waals surface area contributed by atoms with E-state index in [1.165, 1.54) is 23.5 Å². The van der Waals surface area contributed by atoms with Crippen LogP contribution in [-0.2, 0) is 21.4 Å². The first-order chi connectivity index (χ1) is 22.0. The van der Waals surface area contributed by atoms with E-state index < -0.39 is 46.2 Å². The van der Waals surface area contributed by atoms with Crippen LogP contribution in [0.4, 0.5) is 37.4 Å². The minimum Gasteiger partial charge on any atom is -0.406 e. The third-order valence-electron chi connectivity index (χ3n) is 6.72. The maximum Gasteiger partial charge on any atom is 0.573 e. The third kappa shape index (κ3) is 8.30. The highest BCUT2D eigenvalue weighted by molar-refractivity contribution is 7.89. The van der Waals surface area contributed by atoms with Crippen molar-refractivity contribution in [1.82, 2.24) is 24.6 Å². The molecule has 3 heterocycles. The number of carbonyl (C=O) groups excluding carboxylic acids is 1. The van der Waals surface area contributed by atoms with Crippen LogP contribution in [0.1, 0.15) is 5.56 Å². The molecule has 1 saturated heterocycles. The van der Waals surface area contributed by atoms with Crippen molar-refractivity contribution in [2.24, 2.45) is 0 Å². The lowest BCUT2D eigenvalue weighted by Crippen LogP contribution is -2.60. The molecule has 1 N–H and O–H groups in total. The summed E-state index contributed by atoms with van der Waals surface area (Å²) in [5.74, 6) is -1.40. The van der Waals surface area contributed by atoms with Crippen LogP contribution < -0.4 is 24.6 Å². The fourth-order valence-electron chi connectivity index (χ4n) is 4.57. The minimum absolute atomic E-state index is 0.104. The van der Waals surface area contributed by atoms with Crippen LogP contribution in [0.2, 0.25) is 0 Å². The maximum absolute atomic E-state index is 13.7. The van der Waals surface area contributed by atoms with Gasteiger partial charge in [-0.05, 0) is 42.0 Å².